The summed E-state index contributed by atoms with van der Waals surface area (Å²) < 4.78 is 22.1. The molecule has 3 aromatic rings. The largest absolute Gasteiger partial charge is 0.444 e. The van der Waals surface area contributed by atoms with Crippen molar-refractivity contribution in [1.82, 2.24) is 30.9 Å². The molecule has 0 aliphatic heterocycles. The smallest absolute Gasteiger partial charge is 0.407 e. The van der Waals surface area contributed by atoms with Gasteiger partial charge in [-0.3, -0.25) is 14.6 Å². The van der Waals surface area contributed by atoms with E-state index >= 15 is 0 Å². The van der Waals surface area contributed by atoms with E-state index in [4.69, 9.17) is 18.9 Å². The van der Waals surface area contributed by atoms with Gasteiger partial charge in [0.05, 0.1) is 43.2 Å². The first-order chi connectivity index (χ1) is 28.1. The maximum absolute atomic E-state index is 13.5. The highest BCUT2D eigenvalue weighted by atomic mass is 16.6. The molecule has 0 unspecified atom stereocenters. The van der Waals surface area contributed by atoms with Crippen LogP contribution in [0.15, 0.2) is 42.9 Å². The predicted molar refractivity (Wildman–Crippen MR) is 224 cm³/mol. The monoisotopic (exact) mass is 804 g/mol. The van der Waals surface area contributed by atoms with Gasteiger partial charge in [-0.1, -0.05) is 0 Å². The van der Waals surface area contributed by atoms with Crippen LogP contribution in [0.25, 0.3) is 10.9 Å². The van der Waals surface area contributed by atoms with Gasteiger partial charge >= 0.3 is 6.09 Å². The van der Waals surface area contributed by atoms with Crippen LogP contribution in [0.3, 0.4) is 0 Å². The van der Waals surface area contributed by atoms with Crippen LogP contribution in [0, 0.1) is 5.92 Å². The fourth-order valence-electron chi connectivity index (χ4n) is 6.62. The van der Waals surface area contributed by atoms with E-state index in [1.54, 1.807) is 18.6 Å². The van der Waals surface area contributed by atoms with Crippen molar-refractivity contribution < 1.29 is 33.3 Å². The molecule has 5 rings (SSSR count). The zero-order chi connectivity index (χ0) is 41.0. The summed E-state index contributed by atoms with van der Waals surface area (Å²) >= 11 is 0. The van der Waals surface area contributed by atoms with E-state index in [1.807, 2.05) is 45.0 Å². The van der Waals surface area contributed by atoms with Crippen molar-refractivity contribution in [3.05, 3.63) is 48.4 Å². The van der Waals surface area contributed by atoms with Gasteiger partial charge in [-0.25, -0.2) is 14.8 Å². The molecule has 2 aliphatic carbocycles. The molecule has 58 heavy (non-hydrogen) atoms. The van der Waals surface area contributed by atoms with Gasteiger partial charge in [-0.15, -0.1) is 0 Å². The standard InChI is InChI=1S/C43H64N8O7/c1-43(2,3)58-42(54)46-20-7-5-9-23-56-25-27-57-26-24-55-22-8-4-6-19-45-40(52)31-10-13-34(14-11-31)49-41(53)35-30-47-39(28-37(35)48-33-15-16-33)51-38-17-12-32-29-44-21-18-36(32)50-38/h12,17-18,21,28-31,33-34H,4-11,13-16,19-20,22-27H2,1-3H3,(H,45,52)(H,46,54)(H,49,53)(H2,47,48,50,51)/t31-,34-. The third-order valence-electron chi connectivity index (χ3n) is 9.91. The lowest BCUT2D eigenvalue weighted by molar-refractivity contribution is -0.126. The topological polar surface area (TPSA) is 187 Å². The van der Waals surface area contributed by atoms with Gasteiger partial charge in [0.2, 0.25) is 5.91 Å². The second kappa shape index (κ2) is 23.7. The number of pyridine rings is 3. The van der Waals surface area contributed by atoms with E-state index in [0.29, 0.717) is 76.0 Å². The Labute approximate surface area is 342 Å². The predicted octanol–water partition coefficient (Wildman–Crippen LogP) is 6.66. The van der Waals surface area contributed by atoms with Crippen molar-refractivity contribution in [1.29, 1.82) is 0 Å². The van der Waals surface area contributed by atoms with Crippen LogP contribution in [0.4, 0.5) is 22.1 Å². The number of aromatic nitrogens is 3. The molecule has 0 bridgehead atoms. The molecule has 15 nitrogen and oxygen atoms in total. The van der Waals surface area contributed by atoms with E-state index < -0.39 is 5.60 Å². The Kier molecular flexibility index (Phi) is 18.2. The maximum atomic E-state index is 13.5. The van der Waals surface area contributed by atoms with E-state index in [0.717, 1.165) is 93.6 Å². The number of carbonyl (C=O) groups is 3. The number of fused-ring (bicyclic) bond motifs is 1. The van der Waals surface area contributed by atoms with Crippen molar-refractivity contribution >= 4 is 46.1 Å². The summed E-state index contributed by atoms with van der Waals surface area (Å²) in [5.41, 5.74) is 1.62. The first-order valence-corrected chi connectivity index (χ1v) is 21.2. The maximum Gasteiger partial charge on any atom is 0.407 e. The molecule has 2 fully saturated rings. The lowest BCUT2D eigenvalue weighted by Gasteiger charge is -2.28. The quantitative estimate of drug-likeness (QED) is 0.0574. The number of hydrogen-bond acceptors (Lipinski definition) is 12. The highest BCUT2D eigenvalue weighted by Crippen LogP contribution is 2.30. The molecule has 2 aliphatic rings. The second-order valence-electron chi connectivity index (χ2n) is 16.1. The number of ether oxygens (including phenoxy) is 4. The summed E-state index contributed by atoms with van der Waals surface area (Å²) in [7, 11) is 0. The number of nitrogens with one attached hydrogen (secondary N) is 5. The molecular formula is C43H64N8O7. The van der Waals surface area contributed by atoms with Gasteiger partial charge in [0.15, 0.2) is 0 Å². The Bertz CT molecular complexity index is 1730. The molecule has 15 heteroatoms. The Morgan fingerprint density at radius 1 is 0.724 bits per heavy atom. The van der Waals surface area contributed by atoms with Crippen LogP contribution in [-0.2, 0) is 23.7 Å². The highest BCUT2D eigenvalue weighted by Gasteiger charge is 2.29. The second-order valence-corrected chi connectivity index (χ2v) is 16.1. The number of nitrogens with zero attached hydrogens (tertiary/aromatic N) is 3. The van der Waals surface area contributed by atoms with Crippen LogP contribution in [0.2, 0.25) is 0 Å². The molecule has 3 amide bonds. The molecule has 2 saturated carbocycles. The zero-order valence-electron chi connectivity index (χ0n) is 34.6. The Morgan fingerprint density at radius 2 is 1.38 bits per heavy atom. The summed E-state index contributed by atoms with van der Waals surface area (Å²) in [5.74, 6) is 1.19. The Balaban J connectivity index is 0.849. The summed E-state index contributed by atoms with van der Waals surface area (Å²) in [4.78, 5) is 51.3. The minimum Gasteiger partial charge on any atom is -0.444 e. The SMILES string of the molecule is CC(C)(C)OC(=O)NCCCCCOCCOCCOCCCCCNC(=O)[C@H]1CC[C@H](NC(=O)c2cnc(Nc3ccc4cnccc4n3)cc2NC2CC2)CC1. The van der Waals surface area contributed by atoms with Crippen molar-refractivity contribution in [3.8, 4) is 0 Å². The fraction of sp³-hybridized carbons (Fsp3) is 0.628. The normalized spacial score (nSPS) is 16.7. The molecule has 0 radical (unpaired) electrons. The summed E-state index contributed by atoms with van der Waals surface area (Å²) in [5, 5.41) is 16.8. The average Bonchev–Trinajstić information content (AvgIpc) is 4.02. The van der Waals surface area contributed by atoms with E-state index in [1.165, 1.54) is 0 Å². The van der Waals surface area contributed by atoms with Crippen LogP contribution in [-0.4, -0.2) is 103 Å². The summed E-state index contributed by atoms with van der Waals surface area (Å²) in [6, 6.07) is 7.96. The fourth-order valence-corrected chi connectivity index (χ4v) is 6.62. The summed E-state index contributed by atoms with van der Waals surface area (Å²) in [6.07, 6.45) is 15.5. The molecule has 0 spiro atoms. The van der Waals surface area contributed by atoms with Gasteiger partial charge < -0.3 is 45.5 Å². The van der Waals surface area contributed by atoms with Crippen molar-refractivity contribution in [2.45, 2.75) is 116 Å². The van der Waals surface area contributed by atoms with E-state index in [9.17, 15) is 14.4 Å². The molecular weight excluding hydrogens is 741 g/mol. The molecule has 3 heterocycles. The first kappa shape index (κ1) is 44.5. The average molecular weight is 805 g/mol. The third kappa shape index (κ3) is 16.7. The zero-order valence-corrected chi connectivity index (χ0v) is 34.6. The van der Waals surface area contributed by atoms with Crippen molar-refractivity contribution in [2.24, 2.45) is 5.92 Å². The molecule has 0 aromatic carbocycles. The van der Waals surface area contributed by atoms with Gasteiger partial charge in [0, 0.05) is 74.3 Å². The number of hydrogen-bond donors (Lipinski definition) is 5. The number of carbonyl (C=O) groups excluding carboxylic acids is 3. The van der Waals surface area contributed by atoms with Gasteiger partial charge in [0.1, 0.15) is 17.2 Å². The highest BCUT2D eigenvalue weighted by molar-refractivity contribution is 6.00. The number of anilines is 3. The van der Waals surface area contributed by atoms with Crippen LogP contribution >= 0.6 is 0 Å². The van der Waals surface area contributed by atoms with Gasteiger partial charge in [-0.2, -0.15) is 0 Å². The minimum atomic E-state index is -0.479. The molecule has 0 atom stereocenters. The third-order valence-corrected chi connectivity index (χ3v) is 9.91. The Morgan fingerprint density at radius 3 is 2.05 bits per heavy atom. The van der Waals surface area contributed by atoms with Crippen molar-refractivity contribution in [3.63, 3.8) is 0 Å². The lowest BCUT2D eigenvalue weighted by Crippen LogP contribution is -2.41. The number of rotatable bonds is 25. The van der Waals surface area contributed by atoms with Crippen molar-refractivity contribution in [2.75, 3.05) is 63.4 Å². The van der Waals surface area contributed by atoms with Crippen LogP contribution in [0.5, 0.6) is 0 Å². The van der Waals surface area contributed by atoms with Crippen LogP contribution in [0.1, 0.15) is 108 Å². The van der Waals surface area contributed by atoms with E-state index in [-0.39, 0.29) is 29.9 Å². The van der Waals surface area contributed by atoms with Crippen LogP contribution < -0.4 is 26.6 Å². The molecule has 3 aromatic heterocycles. The minimum absolute atomic E-state index is 0.0156. The molecule has 5 N–H and O–H groups in total. The number of unbranched alkanes of at least 4 members (excludes halogenated alkanes) is 4. The molecule has 318 valence electrons. The Hall–Kier alpha value is -4.60. The summed E-state index contributed by atoms with van der Waals surface area (Å²) in [6.45, 7) is 10.3. The number of amides is 3. The number of alkyl carbamates (subject to hydrolysis) is 1. The van der Waals surface area contributed by atoms with Gasteiger partial charge in [-0.05, 0) is 116 Å². The lowest BCUT2D eigenvalue weighted by atomic mass is 9.85. The van der Waals surface area contributed by atoms with Gasteiger partial charge in [0.25, 0.3) is 5.91 Å². The molecule has 0 saturated heterocycles. The first-order valence-electron chi connectivity index (χ1n) is 21.2. The van der Waals surface area contributed by atoms with E-state index in [2.05, 4.69) is 41.5 Å².